The van der Waals surface area contributed by atoms with Crippen LogP contribution in [0.2, 0.25) is 5.02 Å². The third-order valence-electron chi connectivity index (χ3n) is 4.67. The lowest BCUT2D eigenvalue weighted by molar-refractivity contribution is -0.126. The zero-order valence-electron chi connectivity index (χ0n) is 15.8. The third kappa shape index (κ3) is 7.75. The first kappa shape index (κ1) is 20.7. The van der Waals surface area contributed by atoms with Gasteiger partial charge in [0.05, 0.1) is 6.54 Å². The summed E-state index contributed by atoms with van der Waals surface area (Å²) in [6.07, 6.45) is 3.19. The quantitative estimate of drug-likeness (QED) is 0.730. The molecule has 2 rings (SSSR count). The lowest BCUT2D eigenvalue weighted by Gasteiger charge is -2.32. The minimum absolute atomic E-state index is 0.0494. The van der Waals surface area contributed by atoms with Gasteiger partial charge in [-0.15, -0.1) is 0 Å². The standard InChI is InChI=1S/C20H30ClN3O2/c1-15(2)3-8-19(25)22-13-20(26)23-18-9-11-24(12-10-18)14-16-4-6-17(21)7-5-16/h4-7,15,18H,3,8-14H2,1-2H3,(H,22,25)(H,23,26). The van der Waals surface area contributed by atoms with E-state index in [1.165, 1.54) is 5.56 Å². The molecule has 2 N–H and O–H groups in total. The Hall–Kier alpha value is -1.59. The van der Waals surface area contributed by atoms with E-state index in [9.17, 15) is 9.59 Å². The van der Waals surface area contributed by atoms with E-state index < -0.39 is 0 Å². The van der Waals surface area contributed by atoms with E-state index in [4.69, 9.17) is 11.6 Å². The van der Waals surface area contributed by atoms with Crippen molar-refractivity contribution < 1.29 is 9.59 Å². The van der Waals surface area contributed by atoms with Gasteiger partial charge in [-0.25, -0.2) is 0 Å². The van der Waals surface area contributed by atoms with Gasteiger partial charge in [0.25, 0.3) is 0 Å². The minimum atomic E-state index is -0.0981. The number of benzene rings is 1. The molecule has 0 aliphatic carbocycles. The number of nitrogens with zero attached hydrogens (tertiary/aromatic N) is 1. The van der Waals surface area contributed by atoms with Gasteiger partial charge in [0.2, 0.25) is 11.8 Å². The third-order valence-corrected chi connectivity index (χ3v) is 4.92. The molecule has 144 valence electrons. The molecule has 1 saturated heterocycles. The fourth-order valence-corrected chi connectivity index (χ4v) is 3.18. The smallest absolute Gasteiger partial charge is 0.239 e. The van der Waals surface area contributed by atoms with Crippen molar-refractivity contribution in [1.29, 1.82) is 0 Å². The van der Waals surface area contributed by atoms with Crippen LogP contribution in [-0.2, 0) is 16.1 Å². The first-order chi connectivity index (χ1) is 12.4. The molecule has 1 fully saturated rings. The predicted molar refractivity (Wildman–Crippen MR) is 105 cm³/mol. The van der Waals surface area contributed by atoms with Crippen molar-refractivity contribution in [2.45, 2.75) is 52.1 Å². The van der Waals surface area contributed by atoms with Crippen molar-refractivity contribution in [3.8, 4) is 0 Å². The van der Waals surface area contributed by atoms with Crippen LogP contribution in [0.4, 0.5) is 0 Å². The fourth-order valence-electron chi connectivity index (χ4n) is 3.05. The van der Waals surface area contributed by atoms with E-state index in [1.807, 2.05) is 12.1 Å². The summed E-state index contributed by atoms with van der Waals surface area (Å²) >= 11 is 5.92. The summed E-state index contributed by atoms with van der Waals surface area (Å²) in [6, 6.07) is 8.13. The van der Waals surface area contributed by atoms with Crippen LogP contribution in [0, 0.1) is 5.92 Å². The molecule has 1 aromatic rings. The van der Waals surface area contributed by atoms with Gasteiger partial charge in [0.1, 0.15) is 0 Å². The number of halogens is 1. The molecule has 1 heterocycles. The summed E-state index contributed by atoms with van der Waals surface area (Å²) in [7, 11) is 0. The summed E-state index contributed by atoms with van der Waals surface area (Å²) < 4.78 is 0. The van der Waals surface area contributed by atoms with Gasteiger partial charge in [0, 0.05) is 37.1 Å². The number of amides is 2. The summed E-state index contributed by atoms with van der Waals surface area (Å²) in [5, 5.41) is 6.49. The zero-order valence-corrected chi connectivity index (χ0v) is 16.5. The highest BCUT2D eigenvalue weighted by molar-refractivity contribution is 6.30. The number of hydrogen-bond acceptors (Lipinski definition) is 3. The van der Waals surface area contributed by atoms with E-state index >= 15 is 0 Å². The second kappa shape index (κ2) is 10.5. The van der Waals surface area contributed by atoms with Crippen LogP contribution in [0.15, 0.2) is 24.3 Å². The average Bonchev–Trinajstić information content (AvgIpc) is 2.62. The summed E-state index contributed by atoms with van der Waals surface area (Å²) in [4.78, 5) is 26.1. The molecule has 0 bridgehead atoms. The zero-order chi connectivity index (χ0) is 18.9. The van der Waals surface area contributed by atoms with Gasteiger partial charge in [0.15, 0.2) is 0 Å². The van der Waals surface area contributed by atoms with Crippen LogP contribution in [0.3, 0.4) is 0 Å². The van der Waals surface area contributed by atoms with Crippen LogP contribution >= 0.6 is 11.6 Å². The molecular formula is C20H30ClN3O2. The molecule has 0 radical (unpaired) electrons. The minimum Gasteiger partial charge on any atom is -0.352 e. The van der Waals surface area contributed by atoms with Crippen molar-refractivity contribution in [2.24, 2.45) is 5.92 Å². The van der Waals surface area contributed by atoms with Gasteiger partial charge in [-0.3, -0.25) is 14.5 Å². The number of likely N-dealkylation sites (tertiary alicyclic amines) is 1. The van der Waals surface area contributed by atoms with Gasteiger partial charge in [-0.2, -0.15) is 0 Å². The number of nitrogens with one attached hydrogen (secondary N) is 2. The van der Waals surface area contributed by atoms with Crippen LogP contribution < -0.4 is 10.6 Å². The first-order valence-electron chi connectivity index (χ1n) is 9.45. The second-order valence-electron chi connectivity index (χ2n) is 7.45. The van der Waals surface area contributed by atoms with Gasteiger partial charge >= 0.3 is 0 Å². The maximum absolute atomic E-state index is 12.0. The molecule has 1 aromatic carbocycles. The number of carbonyl (C=O) groups excluding carboxylic acids is 2. The molecule has 5 nitrogen and oxygen atoms in total. The molecule has 2 amide bonds. The lowest BCUT2D eigenvalue weighted by atomic mass is 10.0. The van der Waals surface area contributed by atoms with Crippen molar-refractivity contribution in [2.75, 3.05) is 19.6 Å². The molecule has 1 aliphatic rings. The Balaban J connectivity index is 1.62. The number of rotatable bonds is 8. The lowest BCUT2D eigenvalue weighted by Crippen LogP contribution is -2.47. The van der Waals surface area contributed by atoms with Crippen molar-refractivity contribution in [3.05, 3.63) is 34.9 Å². The van der Waals surface area contributed by atoms with Crippen LogP contribution in [0.25, 0.3) is 0 Å². The van der Waals surface area contributed by atoms with E-state index in [0.717, 1.165) is 43.9 Å². The monoisotopic (exact) mass is 379 g/mol. The Morgan fingerprint density at radius 1 is 1.15 bits per heavy atom. The fraction of sp³-hybridized carbons (Fsp3) is 0.600. The average molecular weight is 380 g/mol. The largest absolute Gasteiger partial charge is 0.352 e. The number of hydrogen-bond donors (Lipinski definition) is 2. The van der Waals surface area contributed by atoms with Crippen molar-refractivity contribution >= 4 is 23.4 Å². The maximum atomic E-state index is 12.0. The van der Waals surface area contributed by atoms with E-state index in [2.05, 4.69) is 41.5 Å². The van der Waals surface area contributed by atoms with Gasteiger partial charge in [-0.1, -0.05) is 37.6 Å². The highest BCUT2D eigenvalue weighted by atomic mass is 35.5. The molecule has 0 aromatic heterocycles. The number of piperidine rings is 1. The number of carbonyl (C=O) groups is 2. The molecule has 0 atom stereocenters. The molecular weight excluding hydrogens is 350 g/mol. The molecule has 0 saturated carbocycles. The molecule has 26 heavy (non-hydrogen) atoms. The Morgan fingerprint density at radius 3 is 2.42 bits per heavy atom. The maximum Gasteiger partial charge on any atom is 0.239 e. The SMILES string of the molecule is CC(C)CCC(=O)NCC(=O)NC1CCN(Cc2ccc(Cl)cc2)CC1. The van der Waals surface area contributed by atoms with Crippen LogP contribution in [0.1, 0.15) is 45.1 Å². The highest BCUT2D eigenvalue weighted by Gasteiger charge is 2.20. The summed E-state index contributed by atoms with van der Waals surface area (Å²) in [5.74, 6) is 0.346. The Bertz CT molecular complexity index is 581. The summed E-state index contributed by atoms with van der Waals surface area (Å²) in [6.45, 7) is 7.05. The van der Waals surface area contributed by atoms with Crippen LogP contribution in [-0.4, -0.2) is 42.4 Å². The Labute approximate surface area is 161 Å². The molecule has 0 unspecified atom stereocenters. The van der Waals surface area contributed by atoms with Gasteiger partial charge < -0.3 is 10.6 Å². The second-order valence-corrected chi connectivity index (χ2v) is 7.89. The summed E-state index contributed by atoms with van der Waals surface area (Å²) in [5.41, 5.74) is 1.25. The first-order valence-corrected chi connectivity index (χ1v) is 9.83. The van der Waals surface area contributed by atoms with Crippen LogP contribution in [0.5, 0.6) is 0 Å². The van der Waals surface area contributed by atoms with E-state index in [-0.39, 0.29) is 24.4 Å². The molecule has 1 aliphatic heterocycles. The highest BCUT2D eigenvalue weighted by Crippen LogP contribution is 2.15. The van der Waals surface area contributed by atoms with Crippen molar-refractivity contribution in [3.63, 3.8) is 0 Å². The van der Waals surface area contributed by atoms with Gasteiger partial charge in [-0.05, 0) is 42.9 Å². The predicted octanol–water partition coefficient (Wildman–Crippen LogP) is 2.97. The molecule has 6 heteroatoms. The van der Waals surface area contributed by atoms with E-state index in [0.29, 0.717) is 12.3 Å². The van der Waals surface area contributed by atoms with E-state index in [1.54, 1.807) is 0 Å². The normalized spacial score (nSPS) is 15.8. The Morgan fingerprint density at radius 2 is 1.81 bits per heavy atom. The topological polar surface area (TPSA) is 61.4 Å². The molecule has 0 spiro atoms. The Kier molecular flexibility index (Phi) is 8.39. The van der Waals surface area contributed by atoms with Crippen molar-refractivity contribution in [1.82, 2.24) is 15.5 Å².